The predicted octanol–water partition coefficient (Wildman–Crippen LogP) is 6.19. The highest BCUT2D eigenvalue weighted by molar-refractivity contribution is 5.15. The van der Waals surface area contributed by atoms with Crippen LogP contribution in [0.2, 0.25) is 0 Å². The van der Waals surface area contributed by atoms with E-state index in [1.54, 1.807) is 0 Å². The van der Waals surface area contributed by atoms with Gasteiger partial charge in [-0.25, -0.2) is 0 Å². The molecule has 0 unspecified atom stereocenters. The first kappa shape index (κ1) is 29.5. The van der Waals surface area contributed by atoms with E-state index in [1.165, 1.54) is 0 Å². The third-order valence-electron chi connectivity index (χ3n) is 8.32. The molecule has 1 saturated carbocycles. The van der Waals surface area contributed by atoms with Crippen LogP contribution in [-0.4, -0.2) is 56.3 Å². The lowest BCUT2D eigenvalue weighted by Gasteiger charge is -2.43. The highest BCUT2D eigenvalue weighted by atomic mass is 16.7. The van der Waals surface area contributed by atoms with Crippen LogP contribution in [0.3, 0.4) is 0 Å². The van der Waals surface area contributed by atoms with Gasteiger partial charge in [0.1, 0.15) is 12.2 Å². The first-order valence-corrected chi connectivity index (χ1v) is 15.3. The quantitative estimate of drug-likeness (QED) is 0.256. The summed E-state index contributed by atoms with van der Waals surface area (Å²) in [4.78, 5) is 0. The van der Waals surface area contributed by atoms with Gasteiger partial charge in [0.15, 0.2) is 12.1 Å². The molecule has 2 saturated heterocycles. The van der Waals surface area contributed by atoms with Crippen molar-refractivity contribution in [2.75, 3.05) is 19.8 Å². The van der Waals surface area contributed by atoms with Gasteiger partial charge < -0.3 is 33.2 Å². The molecule has 3 aliphatic rings. The standard InChI is InChI=1S/C35H42O7/c1-4-10-27(11-5-1)23-36-26-32-34(38-25-29-14-8-3-9-15-29)31(37-24-28-12-6-2-7-13-28)22-33(42-32)41-30-16-18-35(19-17-30)39-20-21-40-35/h1-15,30-34H,16-26H2/t31-,32-,33-,34+/m1/s1. The molecule has 2 aliphatic heterocycles. The van der Waals surface area contributed by atoms with Crippen molar-refractivity contribution in [3.05, 3.63) is 108 Å². The van der Waals surface area contributed by atoms with Crippen molar-refractivity contribution >= 4 is 0 Å². The fraction of sp³-hybridized carbons (Fsp3) is 0.486. The Morgan fingerprint density at radius 1 is 0.667 bits per heavy atom. The monoisotopic (exact) mass is 574 g/mol. The Balaban J connectivity index is 1.15. The molecule has 0 bridgehead atoms. The number of hydrogen-bond acceptors (Lipinski definition) is 7. The molecular weight excluding hydrogens is 532 g/mol. The molecule has 3 aromatic carbocycles. The Hall–Kier alpha value is -2.62. The molecule has 3 aromatic rings. The van der Waals surface area contributed by atoms with Crippen molar-refractivity contribution in [1.29, 1.82) is 0 Å². The zero-order valence-corrected chi connectivity index (χ0v) is 24.2. The van der Waals surface area contributed by atoms with Crippen molar-refractivity contribution in [3.63, 3.8) is 0 Å². The summed E-state index contributed by atoms with van der Waals surface area (Å²) in [6.07, 6.45) is 2.76. The normalized spacial score (nSPS) is 26.0. The first-order valence-electron chi connectivity index (χ1n) is 15.3. The molecule has 0 N–H and O–H groups in total. The molecule has 7 heteroatoms. The molecular formula is C35H42O7. The molecule has 1 spiro atoms. The van der Waals surface area contributed by atoms with Crippen LogP contribution in [0.15, 0.2) is 91.0 Å². The fourth-order valence-corrected chi connectivity index (χ4v) is 6.07. The van der Waals surface area contributed by atoms with Gasteiger partial charge in [-0.15, -0.1) is 0 Å². The Kier molecular flexibility index (Phi) is 10.3. The minimum Gasteiger partial charge on any atom is -0.374 e. The van der Waals surface area contributed by atoms with Gasteiger partial charge in [0, 0.05) is 19.3 Å². The van der Waals surface area contributed by atoms with Crippen LogP contribution in [0, 0.1) is 0 Å². The minimum atomic E-state index is -0.419. The molecule has 0 aromatic heterocycles. The maximum Gasteiger partial charge on any atom is 0.168 e. The largest absolute Gasteiger partial charge is 0.374 e. The van der Waals surface area contributed by atoms with Gasteiger partial charge in [0.25, 0.3) is 0 Å². The van der Waals surface area contributed by atoms with Crippen LogP contribution in [0.4, 0.5) is 0 Å². The van der Waals surface area contributed by atoms with Crippen molar-refractivity contribution in [2.45, 2.75) is 88.4 Å². The second kappa shape index (κ2) is 14.7. The lowest BCUT2D eigenvalue weighted by molar-refractivity contribution is -0.295. The second-order valence-electron chi connectivity index (χ2n) is 11.4. The maximum absolute atomic E-state index is 6.61. The Morgan fingerprint density at radius 3 is 1.81 bits per heavy atom. The molecule has 2 heterocycles. The Labute approximate surface area is 249 Å². The van der Waals surface area contributed by atoms with Crippen LogP contribution < -0.4 is 0 Å². The topological polar surface area (TPSA) is 64.6 Å². The van der Waals surface area contributed by atoms with Gasteiger partial charge in [-0.1, -0.05) is 91.0 Å². The van der Waals surface area contributed by atoms with E-state index in [2.05, 4.69) is 36.4 Å². The summed E-state index contributed by atoms with van der Waals surface area (Å²) in [6.45, 7) is 3.17. The molecule has 0 radical (unpaired) electrons. The number of ether oxygens (including phenoxy) is 7. The van der Waals surface area contributed by atoms with E-state index >= 15 is 0 Å². The molecule has 3 fully saturated rings. The molecule has 0 amide bonds. The van der Waals surface area contributed by atoms with Gasteiger partial charge in [-0.3, -0.25) is 0 Å². The number of benzene rings is 3. The van der Waals surface area contributed by atoms with E-state index in [9.17, 15) is 0 Å². The van der Waals surface area contributed by atoms with Crippen molar-refractivity contribution < 1.29 is 33.2 Å². The zero-order valence-electron chi connectivity index (χ0n) is 24.2. The van der Waals surface area contributed by atoms with Gasteiger partial charge in [-0.2, -0.15) is 0 Å². The first-order chi connectivity index (χ1) is 20.7. The molecule has 42 heavy (non-hydrogen) atoms. The minimum absolute atomic E-state index is 0.0795. The number of rotatable bonds is 12. The SMILES string of the molecule is c1ccc(COC[C@H]2O[C@@H](OC3CCC4(CC3)OCCO4)C[C@@H](OCc3ccccc3)[C@@H]2OCc2ccccc2)cc1. The third kappa shape index (κ3) is 8.05. The highest BCUT2D eigenvalue weighted by Gasteiger charge is 2.44. The highest BCUT2D eigenvalue weighted by Crippen LogP contribution is 2.38. The second-order valence-corrected chi connectivity index (χ2v) is 11.4. The predicted molar refractivity (Wildman–Crippen MR) is 157 cm³/mol. The van der Waals surface area contributed by atoms with Crippen LogP contribution in [0.25, 0.3) is 0 Å². The molecule has 6 rings (SSSR count). The fourth-order valence-electron chi connectivity index (χ4n) is 6.07. The molecule has 4 atom stereocenters. The smallest absolute Gasteiger partial charge is 0.168 e. The van der Waals surface area contributed by atoms with Crippen LogP contribution in [0.5, 0.6) is 0 Å². The van der Waals surface area contributed by atoms with Gasteiger partial charge in [0.05, 0.1) is 51.8 Å². The zero-order chi connectivity index (χ0) is 28.5. The summed E-state index contributed by atoms with van der Waals surface area (Å²) in [6, 6.07) is 30.7. The summed E-state index contributed by atoms with van der Waals surface area (Å²) in [7, 11) is 0. The van der Waals surface area contributed by atoms with E-state index in [4.69, 9.17) is 33.2 Å². The van der Waals surface area contributed by atoms with Crippen LogP contribution in [0.1, 0.15) is 48.8 Å². The van der Waals surface area contributed by atoms with Gasteiger partial charge in [-0.05, 0) is 29.5 Å². The van der Waals surface area contributed by atoms with Gasteiger partial charge in [0.2, 0.25) is 0 Å². The van der Waals surface area contributed by atoms with Crippen molar-refractivity contribution in [2.24, 2.45) is 0 Å². The lowest BCUT2D eigenvalue weighted by Crippen LogP contribution is -2.53. The third-order valence-corrected chi connectivity index (χ3v) is 8.32. The van der Waals surface area contributed by atoms with E-state index in [1.807, 2.05) is 54.6 Å². The van der Waals surface area contributed by atoms with E-state index in [0.29, 0.717) is 46.1 Å². The molecule has 224 valence electrons. The van der Waals surface area contributed by atoms with Crippen LogP contribution in [-0.2, 0) is 53.0 Å². The summed E-state index contributed by atoms with van der Waals surface area (Å²) in [5.74, 6) is -0.418. The van der Waals surface area contributed by atoms with Crippen molar-refractivity contribution in [3.8, 4) is 0 Å². The summed E-state index contributed by atoms with van der Waals surface area (Å²) in [5, 5.41) is 0. The average molecular weight is 575 g/mol. The van der Waals surface area contributed by atoms with Gasteiger partial charge >= 0.3 is 0 Å². The summed E-state index contributed by atoms with van der Waals surface area (Å²) >= 11 is 0. The van der Waals surface area contributed by atoms with E-state index in [0.717, 1.165) is 42.4 Å². The Morgan fingerprint density at radius 2 is 1.21 bits per heavy atom. The molecule has 7 nitrogen and oxygen atoms in total. The number of hydrogen-bond donors (Lipinski definition) is 0. The Bertz CT molecular complexity index is 1180. The lowest BCUT2D eigenvalue weighted by atomic mass is 9.91. The van der Waals surface area contributed by atoms with Crippen LogP contribution >= 0.6 is 0 Å². The average Bonchev–Trinajstić information content (AvgIpc) is 3.50. The summed E-state index contributed by atoms with van der Waals surface area (Å²) < 4.78 is 44.4. The summed E-state index contributed by atoms with van der Waals surface area (Å²) in [5.41, 5.74) is 3.34. The van der Waals surface area contributed by atoms with Crippen molar-refractivity contribution in [1.82, 2.24) is 0 Å². The molecule has 1 aliphatic carbocycles. The maximum atomic E-state index is 6.61. The van der Waals surface area contributed by atoms with E-state index < -0.39 is 12.1 Å². The van der Waals surface area contributed by atoms with E-state index in [-0.39, 0.29) is 24.4 Å².